The van der Waals surface area contributed by atoms with Crippen molar-refractivity contribution in [2.45, 2.75) is 45.3 Å². The van der Waals surface area contributed by atoms with Crippen molar-refractivity contribution in [1.29, 1.82) is 0 Å². The fraction of sp³-hybridized carbons (Fsp3) is 0.588. The summed E-state index contributed by atoms with van der Waals surface area (Å²) in [5, 5.41) is 3.06. The summed E-state index contributed by atoms with van der Waals surface area (Å²) < 4.78 is 10.6. The molecule has 21 heavy (non-hydrogen) atoms. The van der Waals surface area contributed by atoms with Gasteiger partial charge in [-0.25, -0.2) is 0 Å². The molecule has 0 aromatic heterocycles. The smallest absolute Gasteiger partial charge is 0.246 e. The van der Waals surface area contributed by atoms with Crippen LogP contribution < -0.4 is 10.1 Å². The van der Waals surface area contributed by atoms with E-state index in [9.17, 15) is 4.79 Å². The van der Waals surface area contributed by atoms with Crippen LogP contribution in [0.3, 0.4) is 0 Å². The van der Waals surface area contributed by atoms with E-state index in [4.69, 9.17) is 9.47 Å². The van der Waals surface area contributed by atoms with Gasteiger partial charge in [-0.2, -0.15) is 0 Å². The SMILES string of the molecule is COc1cccc(COCC(=O)NC2CCC(C)CC2)c1. The van der Waals surface area contributed by atoms with Crippen LogP contribution in [0.2, 0.25) is 0 Å². The molecule has 1 amide bonds. The Kier molecular flexibility index (Phi) is 6.05. The van der Waals surface area contributed by atoms with Crippen molar-refractivity contribution >= 4 is 5.91 Å². The Morgan fingerprint density at radius 3 is 2.76 bits per heavy atom. The van der Waals surface area contributed by atoms with Gasteiger partial charge in [0.2, 0.25) is 5.91 Å². The van der Waals surface area contributed by atoms with Crippen molar-refractivity contribution in [2.75, 3.05) is 13.7 Å². The van der Waals surface area contributed by atoms with Crippen LogP contribution in [0.5, 0.6) is 5.75 Å². The Labute approximate surface area is 126 Å². The van der Waals surface area contributed by atoms with Crippen molar-refractivity contribution in [2.24, 2.45) is 5.92 Å². The molecule has 1 aromatic rings. The third kappa shape index (κ3) is 5.38. The minimum absolute atomic E-state index is 0.0163. The molecule has 4 nitrogen and oxygen atoms in total. The lowest BCUT2D eigenvalue weighted by atomic mass is 9.87. The molecule has 0 spiro atoms. The fourth-order valence-corrected chi connectivity index (χ4v) is 2.70. The highest BCUT2D eigenvalue weighted by Crippen LogP contribution is 2.23. The van der Waals surface area contributed by atoms with E-state index in [1.54, 1.807) is 7.11 Å². The Hall–Kier alpha value is -1.55. The van der Waals surface area contributed by atoms with Gasteiger partial charge in [-0.05, 0) is 49.3 Å². The zero-order chi connectivity index (χ0) is 15.1. The largest absolute Gasteiger partial charge is 0.497 e. The highest BCUT2D eigenvalue weighted by Gasteiger charge is 2.19. The van der Waals surface area contributed by atoms with E-state index in [0.717, 1.165) is 30.1 Å². The number of amides is 1. The molecule has 1 aromatic carbocycles. The number of hydrogen-bond acceptors (Lipinski definition) is 3. The minimum Gasteiger partial charge on any atom is -0.497 e. The molecule has 2 rings (SSSR count). The van der Waals surface area contributed by atoms with E-state index in [-0.39, 0.29) is 12.5 Å². The van der Waals surface area contributed by atoms with Crippen LogP contribution >= 0.6 is 0 Å². The average molecular weight is 291 g/mol. The number of rotatable bonds is 6. The standard InChI is InChI=1S/C17H25NO3/c1-13-6-8-15(9-7-13)18-17(19)12-21-11-14-4-3-5-16(10-14)20-2/h3-5,10,13,15H,6-9,11-12H2,1-2H3,(H,18,19). The average Bonchev–Trinajstić information content (AvgIpc) is 2.50. The molecular weight excluding hydrogens is 266 g/mol. The molecule has 4 heteroatoms. The zero-order valence-electron chi connectivity index (χ0n) is 12.9. The molecule has 1 aliphatic carbocycles. The quantitative estimate of drug-likeness (QED) is 0.876. The Balaban J connectivity index is 1.67. The van der Waals surface area contributed by atoms with E-state index < -0.39 is 0 Å². The normalized spacial score (nSPS) is 21.8. The molecule has 1 saturated carbocycles. The Morgan fingerprint density at radius 2 is 2.05 bits per heavy atom. The molecule has 0 bridgehead atoms. The number of carbonyl (C=O) groups excluding carboxylic acids is 1. The summed E-state index contributed by atoms with van der Waals surface area (Å²) in [6, 6.07) is 8.01. The molecule has 0 radical (unpaired) electrons. The van der Waals surface area contributed by atoms with Gasteiger partial charge in [0.25, 0.3) is 0 Å². The topological polar surface area (TPSA) is 47.6 Å². The monoisotopic (exact) mass is 291 g/mol. The second kappa shape index (κ2) is 8.03. The molecule has 0 heterocycles. The van der Waals surface area contributed by atoms with Gasteiger partial charge < -0.3 is 14.8 Å². The third-order valence-electron chi connectivity index (χ3n) is 4.02. The molecular formula is C17H25NO3. The van der Waals surface area contributed by atoms with Gasteiger partial charge in [0.05, 0.1) is 13.7 Å². The van der Waals surface area contributed by atoms with Gasteiger partial charge >= 0.3 is 0 Å². The highest BCUT2D eigenvalue weighted by atomic mass is 16.5. The van der Waals surface area contributed by atoms with Gasteiger partial charge in [-0.3, -0.25) is 4.79 Å². The van der Waals surface area contributed by atoms with Crippen LogP contribution in [0, 0.1) is 5.92 Å². The fourth-order valence-electron chi connectivity index (χ4n) is 2.70. The molecule has 1 N–H and O–H groups in total. The number of nitrogens with one attached hydrogen (secondary N) is 1. The van der Waals surface area contributed by atoms with Gasteiger partial charge in [-0.1, -0.05) is 19.1 Å². The first kappa shape index (κ1) is 15.8. The van der Waals surface area contributed by atoms with Gasteiger partial charge in [0.1, 0.15) is 12.4 Å². The first-order chi connectivity index (χ1) is 10.2. The van der Waals surface area contributed by atoms with Gasteiger partial charge in [-0.15, -0.1) is 0 Å². The summed E-state index contributed by atoms with van der Waals surface area (Å²) >= 11 is 0. The summed E-state index contributed by atoms with van der Waals surface area (Å²) in [6.07, 6.45) is 4.58. The number of carbonyl (C=O) groups is 1. The van der Waals surface area contributed by atoms with Gasteiger partial charge in [0, 0.05) is 6.04 Å². The van der Waals surface area contributed by atoms with E-state index in [0.29, 0.717) is 12.6 Å². The first-order valence-corrected chi connectivity index (χ1v) is 7.67. The second-order valence-corrected chi connectivity index (χ2v) is 5.87. The summed E-state index contributed by atoms with van der Waals surface area (Å²) in [6.45, 7) is 2.81. The highest BCUT2D eigenvalue weighted by molar-refractivity contribution is 5.77. The number of methoxy groups -OCH3 is 1. The van der Waals surface area contributed by atoms with E-state index in [1.807, 2.05) is 24.3 Å². The van der Waals surface area contributed by atoms with E-state index >= 15 is 0 Å². The predicted molar refractivity (Wildman–Crippen MR) is 82.2 cm³/mol. The summed E-state index contributed by atoms with van der Waals surface area (Å²) in [4.78, 5) is 11.8. The lowest BCUT2D eigenvalue weighted by molar-refractivity contribution is -0.127. The summed E-state index contributed by atoms with van der Waals surface area (Å²) in [7, 11) is 1.64. The van der Waals surface area contributed by atoms with E-state index in [1.165, 1.54) is 12.8 Å². The lowest BCUT2D eigenvalue weighted by Gasteiger charge is -2.26. The van der Waals surface area contributed by atoms with Crippen molar-refractivity contribution in [3.8, 4) is 5.75 Å². The van der Waals surface area contributed by atoms with Crippen molar-refractivity contribution in [3.05, 3.63) is 29.8 Å². The predicted octanol–water partition coefficient (Wildman–Crippen LogP) is 2.91. The van der Waals surface area contributed by atoms with Crippen molar-refractivity contribution < 1.29 is 14.3 Å². The molecule has 0 atom stereocenters. The number of ether oxygens (including phenoxy) is 2. The molecule has 116 valence electrons. The lowest BCUT2D eigenvalue weighted by Crippen LogP contribution is -2.39. The van der Waals surface area contributed by atoms with Crippen LogP contribution in [0.4, 0.5) is 0 Å². The number of hydrogen-bond donors (Lipinski definition) is 1. The Morgan fingerprint density at radius 1 is 1.29 bits per heavy atom. The molecule has 1 aliphatic rings. The minimum atomic E-state index is -0.0163. The van der Waals surface area contributed by atoms with E-state index in [2.05, 4.69) is 12.2 Å². The van der Waals surface area contributed by atoms with Crippen LogP contribution in [0.1, 0.15) is 38.2 Å². The molecule has 0 aliphatic heterocycles. The first-order valence-electron chi connectivity index (χ1n) is 7.67. The summed E-state index contributed by atoms with van der Waals surface area (Å²) in [5.74, 6) is 1.58. The maximum Gasteiger partial charge on any atom is 0.246 e. The van der Waals surface area contributed by atoms with Crippen LogP contribution in [-0.4, -0.2) is 25.7 Å². The van der Waals surface area contributed by atoms with Crippen LogP contribution in [0.25, 0.3) is 0 Å². The number of benzene rings is 1. The molecule has 0 saturated heterocycles. The van der Waals surface area contributed by atoms with Crippen LogP contribution in [0.15, 0.2) is 24.3 Å². The van der Waals surface area contributed by atoms with Crippen LogP contribution in [-0.2, 0) is 16.1 Å². The second-order valence-electron chi connectivity index (χ2n) is 5.87. The van der Waals surface area contributed by atoms with Crippen molar-refractivity contribution in [1.82, 2.24) is 5.32 Å². The maximum atomic E-state index is 11.8. The van der Waals surface area contributed by atoms with Gasteiger partial charge in [0.15, 0.2) is 0 Å². The maximum absolute atomic E-state index is 11.8. The third-order valence-corrected chi connectivity index (χ3v) is 4.02. The Bertz CT molecular complexity index is 453. The van der Waals surface area contributed by atoms with Crippen molar-refractivity contribution in [3.63, 3.8) is 0 Å². The summed E-state index contributed by atoms with van der Waals surface area (Å²) in [5.41, 5.74) is 1.01. The zero-order valence-corrected chi connectivity index (χ0v) is 12.9. The molecule has 1 fully saturated rings. The molecule has 0 unspecified atom stereocenters.